The third-order valence-electron chi connectivity index (χ3n) is 2.57. The van der Waals surface area contributed by atoms with Gasteiger partial charge in [0.2, 0.25) is 0 Å². The third kappa shape index (κ3) is 1.45. The molecule has 2 aromatic rings. The number of aromatic nitrogens is 4. The van der Waals surface area contributed by atoms with Crippen LogP contribution in [-0.2, 0) is 13.6 Å². The van der Waals surface area contributed by atoms with Crippen molar-refractivity contribution in [3.63, 3.8) is 0 Å². The monoisotopic (exact) mass is 205 g/mol. The molecule has 0 atom stereocenters. The molecule has 0 aromatic carbocycles. The third-order valence-corrected chi connectivity index (χ3v) is 2.57. The van der Waals surface area contributed by atoms with Crippen molar-refractivity contribution in [1.29, 1.82) is 0 Å². The molecule has 5 heteroatoms. The minimum atomic E-state index is 0.493. The van der Waals surface area contributed by atoms with E-state index in [9.17, 15) is 0 Å². The van der Waals surface area contributed by atoms with Gasteiger partial charge in [-0.25, -0.2) is 4.98 Å². The normalized spacial score (nSPS) is 10.9. The molecule has 0 radical (unpaired) electrons. The van der Waals surface area contributed by atoms with Gasteiger partial charge in [-0.05, 0) is 13.8 Å². The summed E-state index contributed by atoms with van der Waals surface area (Å²) in [5, 5.41) is 4.37. The van der Waals surface area contributed by atoms with Crippen molar-refractivity contribution in [2.45, 2.75) is 20.4 Å². The Kier molecular flexibility index (Phi) is 2.32. The average Bonchev–Trinajstić information content (AvgIpc) is 2.70. The van der Waals surface area contributed by atoms with Crippen LogP contribution >= 0.6 is 0 Å². The molecule has 0 bridgehead atoms. The molecule has 0 fully saturated rings. The predicted molar refractivity (Wildman–Crippen MR) is 57.7 cm³/mol. The molecule has 15 heavy (non-hydrogen) atoms. The summed E-state index contributed by atoms with van der Waals surface area (Å²) >= 11 is 0. The molecule has 0 saturated carbocycles. The number of nitrogens with two attached hydrogens (primary N) is 1. The highest BCUT2D eigenvalue weighted by Crippen LogP contribution is 2.18. The molecule has 80 valence electrons. The number of hydrogen-bond acceptors (Lipinski definition) is 3. The Morgan fingerprint density at radius 2 is 2.13 bits per heavy atom. The Hall–Kier alpha value is -1.62. The summed E-state index contributed by atoms with van der Waals surface area (Å²) in [4.78, 5) is 4.20. The average molecular weight is 205 g/mol. The zero-order valence-electron chi connectivity index (χ0n) is 9.23. The largest absolute Gasteiger partial charge is 0.326 e. The standard InChI is InChI=1S/C10H15N5/c1-7-9(6-11)10(14(3)13-7)15-5-4-12-8(15)2/h4-5H,6,11H2,1-3H3. The van der Waals surface area contributed by atoms with Gasteiger partial charge >= 0.3 is 0 Å². The van der Waals surface area contributed by atoms with Gasteiger partial charge in [0.05, 0.1) is 5.69 Å². The zero-order chi connectivity index (χ0) is 11.0. The van der Waals surface area contributed by atoms with Crippen LogP contribution in [0.3, 0.4) is 0 Å². The number of aryl methyl sites for hydroxylation is 3. The molecular formula is C10H15N5. The summed E-state index contributed by atoms with van der Waals surface area (Å²) in [6.45, 7) is 4.42. The molecule has 0 unspecified atom stereocenters. The molecule has 0 amide bonds. The van der Waals surface area contributed by atoms with Crippen molar-refractivity contribution >= 4 is 0 Å². The maximum absolute atomic E-state index is 5.73. The summed E-state index contributed by atoms with van der Waals surface area (Å²) in [6, 6.07) is 0. The van der Waals surface area contributed by atoms with Crippen molar-refractivity contribution < 1.29 is 0 Å². The SMILES string of the molecule is Cc1nn(C)c(-n2ccnc2C)c1CN. The highest BCUT2D eigenvalue weighted by atomic mass is 15.3. The fourth-order valence-corrected chi connectivity index (χ4v) is 1.83. The van der Waals surface area contributed by atoms with Crippen LogP contribution in [0, 0.1) is 13.8 Å². The Morgan fingerprint density at radius 1 is 1.40 bits per heavy atom. The lowest BCUT2D eigenvalue weighted by atomic mass is 10.2. The first-order valence-corrected chi connectivity index (χ1v) is 4.88. The van der Waals surface area contributed by atoms with Gasteiger partial charge < -0.3 is 5.73 Å². The summed E-state index contributed by atoms with van der Waals surface area (Å²) in [6.07, 6.45) is 3.70. The second-order valence-corrected chi connectivity index (χ2v) is 3.56. The van der Waals surface area contributed by atoms with Crippen LogP contribution in [0.4, 0.5) is 0 Å². The molecule has 0 aliphatic carbocycles. The van der Waals surface area contributed by atoms with Gasteiger partial charge in [-0.1, -0.05) is 0 Å². The van der Waals surface area contributed by atoms with Crippen molar-refractivity contribution in [2.75, 3.05) is 0 Å². The second kappa shape index (κ2) is 3.51. The van der Waals surface area contributed by atoms with E-state index in [-0.39, 0.29) is 0 Å². The summed E-state index contributed by atoms with van der Waals surface area (Å²) in [5.41, 5.74) is 7.78. The van der Waals surface area contributed by atoms with Crippen molar-refractivity contribution in [1.82, 2.24) is 19.3 Å². The van der Waals surface area contributed by atoms with E-state index >= 15 is 0 Å². The van der Waals surface area contributed by atoms with E-state index in [4.69, 9.17) is 5.73 Å². The van der Waals surface area contributed by atoms with Crippen LogP contribution in [0.25, 0.3) is 5.82 Å². The topological polar surface area (TPSA) is 61.7 Å². The molecule has 2 N–H and O–H groups in total. The van der Waals surface area contributed by atoms with E-state index in [1.165, 1.54) is 0 Å². The van der Waals surface area contributed by atoms with Gasteiger partial charge in [0.15, 0.2) is 0 Å². The van der Waals surface area contributed by atoms with Crippen LogP contribution in [0.2, 0.25) is 0 Å². The van der Waals surface area contributed by atoms with Crippen molar-refractivity contribution in [3.05, 3.63) is 29.5 Å². The first kappa shape index (κ1) is 9.92. The molecule has 2 heterocycles. The smallest absolute Gasteiger partial charge is 0.140 e. The molecule has 0 aliphatic rings. The van der Waals surface area contributed by atoms with Crippen LogP contribution < -0.4 is 5.73 Å². The van der Waals surface area contributed by atoms with E-state index in [1.807, 2.05) is 36.3 Å². The molecule has 0 aliphatic heterocycles. The Balaban J connectivity index is 2.67. The lowest BCUT2D eigenvalue weighted by Gasteiger charge is -2.07. The second-order valence-electron chi connectivity index (χ2n) is 3.56. The van der Waals surface area contributed by atoms with E-state index in [1.54, 1.807) is 6.20 Å². The number of nitrogens with zero attached hydrogens (tertiary/aromatic N) is 4. The Morgan fingerprint density at radius 3 is 2.67 bits per heavy atom. The minimum absolute atomic E-state index is 0.493. The highest BCUT2D eigenvalue weighted by molar-refractivity contribution is 5.38. The minimum Gasteiger partial charge on any atom is -0.326 e. The van der Waals surface area contributed by atoms with Gasteiger partial charge in [0.25, 0.3) is 0 Å². The van der Waals surface area contributed by atoms with Gasteiger partial charge in [-0.15, -0.1) is 0 Å². The quantitative estimate of drug-likeness (QED) is 0.784. The fourth-order valence-electron chi connectivity index (χ4n) is 1.83. The van der Waals surface area contributed by atoms with E-state index in [0.717, 1.165) is 22.9 Å². The van der Waals surface area contributed by atoms with Crippen LogP contribution in [-0.4, -0.2) is 19.3 Å². The lowest BCUT2D eigenvalue weighted by Crippen LogP contribution is -2.08. The maximum Gasteiger partial charge on any atom is 0.140 e. The predicted octanol–water partition coefficient (Wildman–Crippen LogP) is 0.681. The first-order chi connectivity index (χ1) is 7.15. The van der Waals surface area contributed by atoms with E-state index in [0.29, 0.717) is 6.54 Å². The fraction of sp³-hybridized carbons (Fsp3) is 0.400. The first-order valence-electron chi connectivity index (χ1n) is 4.88. The molecule has 0 saturated heterocycles. The van der Waals surface area contributed by atoms with Gasteiger partial charge in [0.1, 0.15) is 11.6 Å². The molecule has 2 rings (SSSR count). The highest BCUT2D eigenvalue weighted by Gasteiger charge is 2.14. The summed E-state index contributed by atoms with van der Waals surface area (Å²) in [7, 11) is 1.92. The number of imidazole rings is 1. The van der Waals surface area contributed by atoms with Crippen molar-refractivity contribution in [2.24, 2.45) is 12.8 Å². The summed E-state index contributed by atoms with van der Waals surface area (Å²) < 4.78 is 3.84. The molecule has 5 nitrogen and oxygen atoms in total. The van der Waals surface area contributed by atoms with E-state index < -0.39 is 0 Å². The van der Waals surface area contributed by atoms with Gasteiger partial charge in [-0.2, -0.15) is 5.10 Å². The molecule has 2 aromatic heterocycles. The Labute approximate surface area is 88.5 Å². The zero-order valence-corrected chi connectivity index (χ0v) is 9.23. The van der Waals surface area contributed by atoms with Crippen molar-refractivity contribution in [3.8, 4) is 5.82 Å². The Bertz CT molecular complexity index is 480. The maximum atomic E-state index is 5.73. The molecular weight excluding hydrogens is 190 g/mol. The van der Waals surface area contributed by atoms with E-state index in [2.05, 4.69) is 10.1 Å². The number of rotatable bonds is 2. The van der Waals surface area contributed by atoms with Crippen LogP contribution in [0.15, 0.2) is 12.4 Å². The number of hydrogen-bond donors (Lipinski definition) is 1. The van der Waals surface area contributed by atoms with Crippen LogP contribution in [0.1, 0.15) is 17.1 Å². The summed E-state index contributed by atoms with van der Waals surface area (Å²) in [5.74, 6) is 1.94. The molecule has 0 spiro atoms. The van der Waals surface area contributed by atoms with Gasteiger partial charge in [-0.3, -0.25) is 9.25 Å². The lowest BCUT2D eigenvalue weighted by molar-refractivity contribution is 0.713. The van der Waals surface area contributed by atoms with Crippen LogP contribution in [0.5, 0.6) is 0 Å². The van der Waals surface area contributed by atoms with Gasteiger partial charge in [0, 0.05) is 31.5 Å².